The van der Waals surface area contributed by atoms with Crippen molar-refractivity contribution in [2.45, 2.75) is 19.0 Å². The van der Waals surface area contributed by atoms with Crippen LogP contribution in [0.15, 0.2) is 42.5 Å². The summed E-state index contributed by atoms with van der Waals surface area (Å²) in [7, 11) is 5.89. The normalized spacial score (nSPS) is 19.7. The number of para-hydroxylation sites is 1. The second kappa shape index (κ2) is 4.13. The summed E-state index contributed by atoms with van der Waals surface area (Å²) in [6.07, 6.45) is 1.89. The molecule has 2 aliphatic rings. The molecule has 4 heteroatoms. The third-order valence-electron chi connectivity index (χ3n) is 4.07. The summed E-state index contributed by atoms with van der Waals surface area (Å²) < 4.78 is 0. The molecule has 2 aromatic rings. The molecule has 4 rings (SSSR count). The summed E-state index contributed by atoms with van der Waals surface area (Å²) in [5.41, 5.74) is 4.46. The number of anilines is 2. The van der Waals surface area contributed by atoms with Gasteiger partial charge in [-0.2, -0.15) is 0 Å². The number of nitrogens with one attached hydrogen (secondary N) is 1. The first kappa shape index (κ1) is 11.6. The molecule has 1 N–H and O–H groups in total. The van der Waals surface area contributed by atoms with Gasteiger partial charge in [0, 0.05) is 11.4 Å². The highest BCUT2D eigenvalue weighted by molar-refractivity contribution is 6.32. The Morgan fingerprint density at radius 2 is 2.05 bits per heavy atom. The number of hydrogen-bond acceptors (Lipinski definition) is 2. The summed E-state index contributed by atoms with van der Waals surface area (Å²) in [4.78, 5) is 14.6. The van der Waals surface area contributed by atoms with Gasteiger partial charge in [0.1, 0.15) is 14.0 Å². The van der Waals surface area contributed by atoms with Crippen LogP contribution < -0.4 is 15.7 Å². The highest BCUT2D eigenvalue weighted by Crippen LogP contribution is 2.36. The first-order chi connectivity index (χ1) is 9.74. The topological polar surface area (TPSA) is 32.3 Å². The maximum atomic E-state index is 12.8. The molecule has 0 saturated carbocycles. The van der Waals surface area contributed by atoms with E-state index in [2.05, 4.69) is 5.32 Å². The Labute approximate surface area is 119 Å². The van der Waals surface area contributed by atoms with E-state index in [1.807, 2.05) is 47.4 Å². The molecule has 2 aromatic carbocycles. The fourth-order valence-corrected chi connectivity index (χ4v) is 3.10. The Morgan fingerprint density at radius 1 is 1.20 bits per heavy atom. The van der Waals surface area contributed by atoms with Crippen molar-refractivity contribution >= 4 is 30.6 Å². The average molecular weight is 260 g/mol. The zero-order valence-electron chi connectivity index (χ0n) is 11.0. The fraction of sp³-hybridized carbons (Fsp3) is 0.188. The van der Waals surface area contributed by atoms with Gasteiger partial charge in [0.05, 0.1) is 5.56 Å². The number of rotatable bonds is 0. The van der Waals surface area contributed by atoms with Crippen molar-refractivity contribution in [2.75, 3.05) is 10.2 Å². The van der Waals surface area contributed by atoms with Crippen LogP contribution in [0.4, 0.5) is 11.4 Å². The molecular weight excluding hydrogens is 247 g/mol. The molecule has 96 valence electrons. The van der Waals surface area contributed by atoms with E-state index in [4.69, 9.17) is 7.85 Å². The molecule has 0 aliphatic carbocycles. The van der Waals surface area contributed by atoms with Gasteiger partial charge in [-0.3, -0.25) is 9.69 Å². The number of amides is 1. The van der Waals surface area contributed by atoms with Crippen LogP contribution in [-0.4, -0.2) is 19.9 Å². The van der Waals surface area contributed by atoms with Crippen LogP contribution in [0.1, 0.15) is 22.3 Å². The summed E-state index contributed by atoms with van der Waals surface area (Å²) in [6, 6.07) is 13.5. The molecule has 0 spiro atoms. The molecule has 0 saturated heterocycles. The second-order valence-electron chi connectivity index (χ2n) is 5.31. The number of benzene rings is 2. The van der Waals surface area contributed by atoms with E-state index in [-0.39, 0.29) is 12.1 Å². The number of fused-ring (bicyclic) bond motifs is 4. The highest BCUT2D eigenvalue weighted by Gasteiger charge is 2.36. The van der Waals surface area contributed by atoms with E-state index in [0.717, 1.165) is 29.8 Å². The van der Waals surface area contributed by atoms with E-state index in [9.17, 15) is 4.79 Å². The maximum Gasteiger partial charge on any atom is 0.262 e. The Kier molecular flexibility index (Phi) is 2.40. The molecular formula is C16H13BN2O. The number of carbonyl (C=O) groups excluding carboxylic acids is 1. The quantitative estimate of drug-likeness (QED) is 0.733. The van der Waals surface area contributed by atoms with Crippen molar-refractivity contribution in [3.05, 3.63) is 53.6 Å². The molecule has 2 heterocycles. The van der Waals surface area contributed by atoms with Crippen molar-refractivity contribution in [3.8, 4) is 0 Å². The maximum absolute atomic E-state index is 12.8. The van der Waals surface area contributed by atoms with E-state index >= 15 is 0 Å². The molecule has 1 atom stereocenters. The molecule has 1 amide bonds. The van der Waals surface area contributed by atoms with Crippen LogP contribution in [0.25, 0.3) is 0 Å². The van der Waals surface area contributed by atoms with E-state index in [0.29, 0.717) is 5.46 Å². The van der Waals surface area contributed by atoms with Gasteiger partial charge in [-0.05, 0) is 36.6 Å². The molecule has 20 heavy (non-hydrogen) atoms. The van der Waals surface area contributed by atoms with E-state index in [1.54, 1.807) is 0 Å². The van der Waals surface area contributed by atoms with Crippen LogP contribution in [0, 0.1) is 0 Å². The van der Waals surface area contributed by atoms with Gasteiger partial charge in [-0.15, -0.1) is 0 Å². The molecule has 3 nitrogen and oxygen atoms in total. The predicted molar refractivity (Wildman–Crippen MR) is 80.8 cm³/mol. The lowest BCUT2D eigenvalue weighted by Gasteiger charge is -2.42. The first-order valence-corrected chi connectivity index (χ1v) is 6.81. The van der Waals surface area contributed by atoms with E-state index in [1.165, 1.54) is 5.56 Å². The lowest BCUT2D eigenvalue weighted by molar-refractivity contribution is 0.0972. The van der Waals surface area contributed by atoms with Gasteiger partial charge < -0.3 is 5.32 Å². The Bertz CT molecular complexity index is 713. The summed E-state index contributed by atoms with van der Waals surface area (Å²) in [5.74, 6) is 0.0518. The smallest absolute Gasteiger partial charge is 0.262 e. The van der Waals surface area contributed by atoms with Crippen molar-refractivity contribution in [1.29, 1.82) is 0 Å². The standard InChI is InChI=1S/C16H13BN2O/c17-11-7-5-10-6-8-15-18-13-4-2-1-3-12(13)16(20)19(15)14(10)9-11/h1-5,7,9,15,18H,6,8H2. The van der Waals surface area contributed by atoms with Gasteiger partial charge in [0.15, 0.2) is 0 Å². The van der Waals surface area contributed by atoms with Crippen molar-refractivity contribution in [2.24, 2.45) is 0 Å². The summed E-state index contributed by atoms with van der Waals surface area (Å²) in [6.45, 7) is 0. The summed E-state index contributed by atoms with van der Waals surface area (Å²) >= 11 is 0. The van der Waals surface area contributed by atoms with Crippen LogP contribution >= 0.6 is 0 Å². The van der Waals surface area contributed by atoms with Gasteiger partial charge in [0.2, 0.25) is 0 Å². The van der Waals surface area contributed by atoms with Crippen LogP contribution in [0.2, 0.25) is 0 Å². The Morgan fingerprint density at radius 3 is 2.95 bits per heavy atom. The minimum Gasteiger partial charge on any atom is -0.364 e. The summed E-state index contributed by atoms with van der Waals surface area (Å²) in [5, 5.41) is 3.45. The molecule has 2 radical (unpaired) electrons. The third kappa shape index (κ3) is 1.57. The van der Waals surface area contributed by atoms with Crippen LogP contribution in [0.3, 0.4) is 0 Å². The van der Waals surface area contributed by atoms with Crippen LogP contribution in [0.5, 0.6) is 0 Å². The molecule has 2 aliphatic heterocycles. The molecule has 0 aromatic heterocycles. The van der Waals surface area contributed by atoms with Crippen LogP contribution in [-0.2, 0) is 6.42 Å². The van der Waals surface area contributed by atoms with Crippen molar-refractivity contribution < 1.29 is 4.79 Å². The molecule has 1 unspecified atom stereocenters. The lowest BCUT2D eigenvalue weighted by Crippen LogP contribution is -2.51. The van der Waals surface area contributed by atoms with Gasteiger partial charge >= 0.3 is 0 Å². The largest absolute Gasteiger partial charge is 0.364 e. The number of aryl methyl sites for hydroxylation is 1. The zero-order chi connectivity index (χ0) is 13.7. The fourth-order valence-electron chi connectivity index (χ4n) is 3.10. The first-order valence-electron chi connectivity index (χ1n) is 6.81. The van der Waals surface area contributed by atoms with Gasteiger partial charge in [-0.1, -0.05) is 29.7 Å². The van der Waals surface area contributed by atoms with Crippen molar-refractivity contribution in [1.82, 2.24) is 0 Å². The van der Waals surface area contributed by atoms with E-state index < -0.39 is 0 Å². The zero-order valence-corrected chi connectivity index (χ0v) is 11.0. The monoisotopic (exact) mass is 260 g/mol. The van der Waals surface area contributed by atoms with Gasteiger partial charge in [-0.25, -0.2) is 0 Å². The predicted octanol–water partition coefficient (Wildman–Crippen LogP) is 1.82. The number of hydrogen-bond donors (Lipinski definition) is 1. The molecule has 0 bridgehead atoms. The third-order valence-corrected chi connectivity index (χ3v) is 4.07. The number of carbonyl (C=O) groups is 1. The minimum atomic E-state index is 0.0201. The highest BCUT2D eigenvalue weighted by atomic mass is 16.2. The van der Waals surface area contributed by atoms with Crippen molar-refractivity contribution in [3.63, 3.8) is 0 Å². The second-order valence-corrected chi connectivity index (χ2v) is 5.31. The SMILES string of the molecule is [B]c1ccc2c(c1)N1C(=O)c3ccccc3NC1CC2. The minimum absolute atomic E-state index is 0.0201. The molecule has 0 fully saturated rings. The number of nitrogens with zero attached hydrogens (tertiary/aromatic N) is 1. The van der Waals surface area contributed by atoms with Gasteiger partial charge in [0.25, 0.3) is 5.91 Å². The average Bonchev–Trinajstić information content (AvgIpc) is 2.47. The Balaban J connectivity index is 1.87. The lowest BCUT2D eigenvalue weighted by atomic mass is 9.89. The Hall–Kier alpha value is -2.23.